The van der Waals surface area contributed by atoms with Gasteiger partial charge in [0.05, 0.1) is 18.6 Å². The summed E-state index contributed by atoms with van der Waals surface area (Å²) < 4.78 is 12.6. The topological polar surface area (TPSA) is 85.4 Å². The molecule has 28 heavy (non-hydrogen) atoms. The van der Waals surface area contributed by atoms with E-state index < -0.39 is 0 Å². The van der Waals surface area contributed by atoms with Gasteiger partial charge in [-0.05, 0) is 37.3 Å². The quantitative estimate of drug-likeness (QED) is 0.478. The molecule has 3 heterocycles. The molecule has 1 aliphatic rings. The molecule has 3 rings (SSSR count). The average molecular weight is 408 g/mol. The number of ether oxygens (including phenoxy) is 1. The molecule has 1 amide bonds. The predicted octanol–water partition coefficient (Wildman–Crippen LogP) is 2.40. The van der Waals surface area contributed by atoms with Crippen LogP contribution in [0.2, 0.25) is 0 Å². The highest BCUT2D eigenvalue weighted by Crippen LogP contribution is 2.27. The van der Waals surface area contributed by atoms with Crippen molar-refractivity contribution in [3.63, 3.8) is 0 Å². The van der Waals surface area contributed by atoms with Crippen LogP contribution in [-0.2, 0) is 16.1 Å². The van der Waals surface area contributed by atoms with Gasteiger partial charge >= 0.3 is 0 Å². The Hall–Kier alpha value is -2.00. The standard InChI is InChI=1S/C19H29N5O3S/c1-15-6-9-23(10-7-15)18-21-22-19(24(18)13-16-5-3-12-27-16)28-14-17(25)20-8-4-11-26-2/h3,5,12,15H,4,6-11,13-14H2,1-2H3,(H,20,25). The molecule has 0 radical (unpaired) electrons. The highest BCUT2D eigenvalue weighted by atomic mass is 32.2. The first-order valence-electron chi connectivity index (χ1n) is 9.76. The van der Waals surface area contributed by atoms with E-state index in [1.165, 1.54) is 11.8 Å². The van der Waals surface area contributed by atoms with Gasteiger partial charge in [-0.25, -0.2) is 0 Å². The van der Waals surface area contributed by atoms with E-state index in [1.807, 2.05) is 12.1 Å². The van der Waals surface area contributed by atoms with Gasteiger partial charge in [-0.3, -0.25) is 9.36 Å². The van der Waals surface area contributed by atoms with Crippen LogP contribution in [-0.4, -0.2) is 59.8 Å². The largest absolute Gasteiger partial charge is 0.467 e. The zero-order valence-electron chi connectivity index (χ0n) is 16.6. The maximum absolute atomic E-state index is 12.1. The molecule has 0 spiro atoms. The van der Waals surface area contributed by atoms with Crippen LogP contribution in [0.25, 0.3) is 0 Å². The lowest BCUT2D eigenvalue weighted by Crippen LogP contribution is -2.35. The summed E-state index contributed by atoms with van der Waals surface area (Å²) in [6, 6.07) is 3.82. The van der Waals surface area contributed by atoms with Crippen LogP contribution in [0.5, 0.6) is 0 Å². The number of nitrogens with one attached hydrogen (secondary N) is 1. The van der Waals surface area contributed by atoms with Crippen LogP contribution in [0.4, 0.5) is 5.95 Å². The van der Waals surface area contributed by atoms with Crippen molar-refractivity contribution in [2.24, 2.45) is 5.92 Å². The van der Waals surface area contributed by atoms with Crippen LogP contribution in [0.3, 0.4) is 0 Å². The summed E-state index contributed by atoms with van der Waals surface area (Å²) in [6.45, 7) is 6.05. The van der Waals surface area contributed by atoms with Crippen molar-refractivity contribution in [2.45, 2.75) is 37.9 Å². The minimum absolute atomic E-state index is 0.0120. The van der Waals surface area contributed by atoms with Crippen molar-refractivity contribution in [1.29, 1.82) is 0 Å². The van der Waals surface area contributed by atoms with Crippen molar-refractivity contribution in [1.82, 2.24) is 20.1 Å². The maximum Gasteiger partial charge on any atom is 0.230 e. The van der Waals surface area contributed by atoms with Crippen molar-refractivity contribution in [3.05, 3.63) is 24.2 Å². The number of hydrogen-bond donors (Lipinski definition) is 1. The SMILES string of the molecule is COCCCNC(=O)CSc1nnc(N2CCC(C)CC2)n1Cc1ccco1. The second-order valence-electron chi connectivity index (χ2n) is 7.10. The number of methoxy groups -OCH3 is 1. The summed E-state index contributed by atoms with van der Waals surface area (Å²) in [4.78, 5) is 14.4. The summed E-state index contributed by atoms with van der Waals surface area (Å²) >= 11 is 1.40. The zero-order valence-corrected chi connectivity index (χ0v) is 17.4. The molecule has 0 unspecified atom stereocenters. The van der Waals surface area contributed by atoms with E-state index in [0.29, 0.717) is 25.4 Å². The molecular formula is C19H29N5O3S. The van der Waals surface area contributed by atoms with Gasteiger partial charge in [-0.15, -0.1) is 10.2 Å². The Balaban J connectivity index is 1.65. The van der Waals surface area contributed by atoms with Crippen molar-refractivity contribution in [2.75, 3.05) is 44.0 Å². The molecule has 2 aromatic heterocycles. The summed E-state index contributed by atoms with van der Waals surface area (Å²) in [5.74, 6) is 2.74. The third-order valence-electron chi connectivity index (χ3n) is 4.84. The molecule has 154 valence electrons. The Labute approximate surface area is 170 Å². The highest BCUT2D eigenvalue weighted by molar-refractivity contribution is 7.99. The van der Waals surface area contributed by atoms with E-state index in [0.717, 1.165) is 55.1 Å². The van der Waals surface area contributed by atoms with E-state index in [9.17, 15) is 4.79 Å². The van der Waals surface area contributed by atoms with Crippen LogP contribution in [0, 0.1) is 5.92 Å². The normalized spacial score (nSPS) is 15.1. The number of furan rings is 1. The summed E-state index contributed by atoms with van der Waals surface area (Å²) in [5, 5.41) is 12.4. The van der Waals surface area contributed by atoms with Crippen molar-refractivity contribution >= 4 is 23.6 Å². The zero-order chi connectivity index (χ0) is 19.8. The molecule has 2 aromatic rings. The Kier molecular flexibility index (Phi) is 7.79. The van der Waals surface area contributed by atoms with Crippen molar-refractivity contribution < 1.29 is 13.9 Å². The number of nitrogens with zero attached hydrogens (tertiary/aromatic N) is 4. The van der Waals surface area contributed by atoms with Gasteiger partial charge in [-0.1, -0.05) is 18.7 Å². The monoisotopic (exact) mass is 407 g/mol. The molecule has 0 aromatic carbocycles. The van der Waals surface area contributed by atoms with E-state index in [-0.39, 0.29) is 5.91 Å². The first-order chi connectivity index (χ1) is 13.7. The summed E-state index contributed by atoms with van der Waals surface area (Å²) in [6.07, 6.45) is 4.78. The first-order valence-corrected chi connectivity index (χ1v) is 10.7. The molecule has 0 aliphatic carbocycles. The van der Waals surface area contributed by atoms with Crippen LogP contribution >= 0.6 is 11.8 Å². The molecule has 0 atom stereocenters. The minimum Gasteiger partial charge on any atom is -0.467 e. The third-order valence-corrected chi connectivity index (χ3v) is 5.80. The van der Waals surface area contributed by atoms with Gasteiger partial charge in [-0.2, -0.15) is 0 Å². The number of aromatic nitrogens is 3. The molecule has 0 saturated carbocycles. The van der Waals surface area contributed by atoms with Crippen LogP contribution in [0.15, 0.2) is 28.0 Å². The fourth-order valence-corrected chi connectivity index (χ4v) is 3.92. The van der Waals surface area contributed by atoms with E-state index in [1.54, 1.807) is 13.4 Å². The molecule has 1 aliphatic heterocycles. The number of thioether (sulfide) groups is 1. The fraction of sp³-hybridized carbons (Fsp3) is 0.632. The van der Waals surface area contributed by atoms with E-state index in [2.05, 4.69) is 31.9 Å². The fourth-order valence-electron chi connectivity index (χ4n) is 3.15. The van der Waals surface area contributed by atoms with Gasteiger partial charge in [0.25, 0.3) is 0 Å². The number of piperidine rings is 1. The number of rotatable bonds is 10. The average Bonchev–Trinajstić information content (AvgIpc) is 3.35. The molecule has 1 N–H and O–H groups in total. The number of amides is 1. The first kappa shape index (κ1) is 20.7. The molecule has 9 heteroatoms. The Morgan fingerprint density at radius 3 is 2.93 bits per heavy atom. The molecular weight excluding hydrogens is 378 g/mol. The second kappa shape index (κ2) is 10.5. The highest BCUT2D eigenvalue weighted by Gasteiger charge is 2.23. The lowest BCUT2D eigenvalue weighted by molar-refractivity contribution is -0.118. The number of carbonyl (C=O) groups is 1. The van der Waals surface area contributed by atoms with Gasteiger partial charge in [0.2, 0.25) is 11.9 Å². The smallest absolute Gasteiger partial charge is 0.230 e. The Bertz CT molecular complexity index is 726. The van der Waals surface area contributed by atoms with Gasteiger partial charge in [0.15, 0.2) is 5.16 Å². The summed E-state index contributed by atoms with van der Waals surface area (Å²) in [5.41, 5.74) is 0. The minimum atomic E-state index is -0.0120. The van der Waals surface area contributed by atoms with Gasteiger partial charge < -0.3 is 19.4 Å². The lowest BCUT2D eigenvalue weighted by atomic mass is 10.00. The molecule has 0 bridgehead atoms. The van der Waals surface area contributed by atoms with Crippen LogP contribution in [0.1, 0.15) is 31.9 Å². The predicted molar refractivity (Wildman–Crippen MR) is 109 cm³/mol. The van der Waals surface area contributed by atoms with E-state index in [4.69, 9.17) is 9.15 Å². The van der Waals surface area contributed by atoms with E-state index >= 15 is 0 Å². The van der Waals surface area contributed by atoms with Crippen LogP contribution < -0.4 is 10.2 Å². The third kappa shape index (κ3) is 5.75. The molecule has 1 fully saturated rings. The maximum atomic E-state index is 12.1. The molecule has 8 nitrogen and oxygen atoms in total. The second-order valence-corrected chi connectivity index (χ2v) is 8.05. The van der Waals surface area contributed by atoms with Crippen molar-refractivity contribution in [3.8, 4) is 0 Å². The Morgan fingerprint density at radius 2 is 2.21 bits per heavy atom. The van der Waals surface area contributed by atoms with Gasteiger partial charge in [0, 0.05) is 33.4 Å². The molecule has 1 saturated heterocycles. The number of hydrogen-bond acceptors (Lipinski definition) is 7. The Morgan fingerprint density at radius 1 is 1.39 bits per heavy atom. The lowest BCUT2D eigenvalue weighted by Gasteiger charge is -2.31. The summed E-state index contributed by atoms with van der Waals surface area (Å²) in [7, 11) is 1.66. The van der Waals surface area contributed by atoms with Gasteiger partial charge in [0.1, 0.15) is 5.76 Å². The number of anilines is 1. The number of carbonyl (C=O) groups excluding carboxylic acids is 1.